The molecule has 1 atom stereocenters. The third-order valence-corrected chi connectivity index (χ3v) is 4.14. The van der Waals surface area contributed by atoms with Crippen LogP contribution in [-0.2, 0) is 6.61 Å². The Labute approximate surface area is 95.7 Å². The first kappa shape index (κ1) is 10.3. The van der Waals surface area contributed by atoms with Crippen LogP contribution in [0.25, 0.3) is 0 Å². The molecule has 0 spiro atoms. The van der Waals surface area contributed by atoms with Crippen LogP contribution in [0.5, 0.6) is 0 Å². The van der Waals surface area contributed by atoms with Gasteiger partial charge in [0.1, 0.15) is 5.69 Å². The highest BCUT2D eigenvalue weighted by molar-refractivity contribution is 5.18. The van der Waals surface area contributed by atoms with Crippen molar-refractivity contribution in [2.75, 3.05) is 0 Å². The van der Waals surface area contributed by atoms with Gasteiger partial charge in [-0.1, -0.05) is 11.6 Å². The Morgan fingerprint density at radius 1 is 1.38 bits per heavy atom. The van der Waals surface area contributed by atoms with Crippen LogP contribution in [0.2, 0.25) is 0 Å². The Morgan fingerprint density at radius 2 is 2.12 bits per heavy atom. The lowest BCUT2D eigenvalue weighted by Crippen LogP contribution is -2.20. The molecule has 1 heterocycles. The summed E-state index contributed by atoms with van der Waals surface area (Å²) in [6, 6.07) is 0.461. The first-order chi connectivity index (χ1) is 7.81. The summed E-state index contributed by atoms with van der Waals surface area (Å²) < 4.78 is 2.09. The number of aromatic nitrogens is 3. The molecule has 16 heavy (non-hydrogen) atoms. The van der Waals surface area contributed by atoms with Crippen molar-refractivity contribution in [1.29, 1.82) is 0 Å². The lowest BCUT2D eigenvalue weighted by atomic mass is 9.82. The maximum absolute atomic E-state index is 9.32. The number of nitrogens with zero attached hydrogens (tertiary/aromatic N) is 3. The molecule has 1 unspecified atom stereocenters. The fourth-order valence-electron chi connectivity index (χ4n) is 2.63. The van der Waals surface area contributed by atoms with Crippen LogP contribution in [0.4, 0.5) is 0 Å². The van der Waals surface area contributed by atoms with Crippen LogP contribution in [0.1, 0.15) is 62.4 Å². The molecule has 2 aliphatic carbocycles. The van der Waals surface area contributed by atoms with Crippen molar-refractivity contribution in [2.24, 2.45) is 5.92 Å². The molecule has 4 nitrogen and oxygen atoms in total. The van der Waals surface area contributed by atoms with Gasteiger partial charge < -0.3 is 5.11 Å². The van der Waals surface area contributed by atoms with E-state index in [0.717, 1.165) is 11.6 Å². The van der Waals surface area contributed by atoms with E-state index in [4.69, 9.17) is 0 Å². The second-order valence-corrected chi connectivity index (χ2v) is 5.23. The maximum Gasteiger partial charge on any atom is 0.112 e. The standard InChI is InChI=1S/C12H19N3O/c1-8(9-5-6-9)15-12(10-3-2-4-10)11(7-16)13-14-15/h8-10,16H,2-7H2,1H3. The largest absolute Gasteiger partial charge is 0.390 e. The van der Waals surface area contributed by atoms with Crippen molar-refractivity contribution in [3.63, 3.8) is 0 Å². The summed E-state index contributed by atoms with van der Waals surface area (Å²) >= 11 is 0. The molecule has 88 valence electrons. The van der Waals surface area contributed by atoms with Gasteiger partial charge in [0, 0.05) is 5.92 Å². The lowest BCUT2D eigenvalue weighted by molar-refractivity contribution is 0.270. The van der Waals surface area contributed by atoms with Crippen molar-refractivity contribution in [3.8, 4) is 0 Å². The van der Waals surface area contributed by atoms with Crippen molar-refractivity contribution < 1.29 is 5.11 Å². The van der Waals surface area contributed by atoms with Gasteiger partial charge in [0.15, 0.2) is 0 Å². The predicted molar refractivity (Wildman–Crippen MR) is 60.0 cm³/mol. The van der Waals surface area contributed by atoms with Gasteiger partial charge in [-0.05, 0) is 38.5 Å². The van der Waals surface area contributed by atoms with Crippen LogP contribution >= 0.6 is 0 Å². The van der Waals surface area contributed by atoms with Crippen LogP contribution in [0, 0.1) is 5.92 Å². The van der Waals surface area contributed by atoms with Gasteiger partial charge in [-0.15, -0.1) is 5.10 Å². The van der Waals surface area contributed by atoms with Gasteiger partial charge in [0.25, 0.3) is 0 Å². The number of hydrogen-bond donors (Lipinski definition) is 1. The van der Waals surface area contributed by atoms with E-state index in [1.807, 2.05) is 0 Å². The van der Waals surface area contributed by atoms with Gasteiger partial charge in [0.2, 0.25) is 0 Å². The lowest BCUT2D eigenvalue weighted by Gasteiger charge is -2.28. The quantitative estimate of drug-likeness (QED) is 0.846. The SMILES string of the molecule is CC(C1CC1)n1nnc(CO)c1C1CCC1. The number of aliphatic hydroxyl groups excluding tert-OH is 1. The number of aliphatic hydroxyl groups is 1. The molecule has 4 heteroatoms. The monoisotopic (exact) mass is 221 g/mol. The van der Waals surface area contributed by atoms with Crippen molar-refractivity contribution in [1.82, 2.24) is 15.0 Å². The molecule has 0 aromatic carbocycles. The number of rotatable bonds is 4. The van der Waals surface area contributed by atoms with E-state index in [1.54, 1.807) is 0 Å². The van der Waals surface area contributed by atoms with Crippen LogP contribution in [0.15, 0.2) is 0 Å². The zero-order chi connectivity index (χ0) is 11.1. The second kappa shape index (κ2) is 3.84. The summed E-state index contributed by atoms with van der Waals surface area (Å²) in [5.74, 6) is 1.38. The van der Waals surface area contributed by atoms with Crippen molar-refractivity contribution >= 4 is 0 Å². The van der Waals surface area contributed by atoms with Crippen molar-refractivity contribution in [3.05, 3.63) is 11.4 Å². The van der Waals surface area contributed by atoms with Crippen LogP contribution in [-0.4, -0.2) is 20.1 Å². The highest BCUT2D eigenvalue weighted by Gasteiger charge is 2.34. The van der Waals surface area contributed by atoms with E-state index in [1.165, 1.54) is 37.8 Å². The second-order valence-electron chi connectivity index (χ2n) is 5.23. The molecule has 0 saturated heterocycles. The average molecular weight is 221 g/mol. The van der Waals surface area contributed by atoms with Crippen LogP contribution < -0.4 is 0 Å². The Kier molecular flexibility index (Phi) is 2.46. The Bertz CT molecular complexity index is 380. The normalized spacial score (nSPS) is 23.1. The summed E-state index contributed by atoms with van der Waals surface area (Å²) in [6.45, 7) is 2.26. The molecule has 1 aromatic rings. The third kappa shape index (κ3) is 1.56. The molecular formula is C12H19N3O. The highest BCUT2D eigenvalue weighted by atomic mass is 16.3. The molecule has 0 aliphatic heterocycles. The molecule has 2 saturated carbocycles. The summed E-state index contributed by atoms with van der Waals surface area (Å²) in [4.78, 5) is 0. The smallest absolute Gasteiger partial charge is 0.112 e. The molecule has 1 N–H and O–H groups in total. The van der Waals surface area contributed by atoms with Gasteiger partial charge in [-0.3, -0.25) is 0 Å². The molecule has 3 rings (SSSR count). The fourth-order valence-corrected chi connectivity index (χ4v) is 2.63. The topological polar surface area (TPSA) is 50.9 Å². The molecule has 2 aliphatic rings. The third-order valence-electron chi connectivity index (χ3n) is 4.14. The Balaban J connectivity index is 1.92. The van der Waals surface area contributed by atoms with E-state index in [-0.39, 0.29) is 6.61 Å². The van der Waals surface area contributed by atoms with Crippen LogP contribution in [0.3, 0.4) is 0 Å². The van der Waals surface area contributed by atoms with Gasteiger partial charge >= 0.3 is 0 Å². The zero-order valence-electron chi connectivity index (χ0n) is 9.76. The Hall–Kier alpha value is -0.900. The molecule has 2 fully saturated rings. The molecule has 0 bridgehead atoms. The molecule has 0 radical (unpaired) electrons. The first-order valence-electron chi connectivity index (χ1n) is 6.36. The summed E-state index contributed by atoms with van der Waals surface area (Å²) in [5.41, 5.74) is 2.02. The van der Waals surface area contributed by atoms with E-state index >= 15 is 0 Å². The first-order valence-corrected chi connectivity index (χ1v) is 6.36. The minimum atomic E-state index is 0.0310. The van der Waals surface area contributed by atoms with E-state index in [0.29, 0.717) is 12.0 Å². The predicted octanol–water partition coefficient (Wildman–Crippen LogP) is 2.01. The number of hydrogen-bond acceptors (Lipinski definition) is 3. The summed E-state index contributed by atoms with van der Waals surface area (Å²) in [6.07, 6.45) is 6.41. The van der Waals surface area contributed by atoms with Crippen molar-refractivity contribution in [2.45, 2.75) is 57.6 Å². The minimum Gasteiger partial charge on any atom is -0.390 e. The molecule has 1 aromatic heterocycles. The maximum atomic E-state index is 9.32. The minimum absolute atomic E-state index is 0.0310. The highest BCUT2D eigenvalue weighted by Crippen LogP contribution is 2.43. The van der Waals surface area contributed by atoms with Gasteiger partial charge in [0.05, 0.1) is 18.3 Å². The summed E-state index contributed by atoms with van der Waals surface area (Å²) in [7, 11) is 0. The fraction of sp³-hybridized carbons (Fsp3) is 0.833. The van der Waals surface area contributed by atoms with E-state index < -0.39 is 0 Å². The summed E-state index contributed by atoms with van der Waals surface area (Å²) in [5, 5.41) is 17.7. The molecular weight excluding hydrogens is 202 g/mol. The van der Waals surface area contributed by atoms with Gasteiger partial charge in [-0.2, -0.15) is 0 Å². The van der Waals surface area contributed by atoms with Gasteiger partial charge in [-0.25, -0.2) is 4.68 Å². The van der Waals surface area contributed by atoms with E-state index in [2.05, 4.69) is 21.9 Å². The Morgan fingerprint density at radius 3 is 2.62 bits per heavy atom. The average Bonchev–Trinajstić information content (AvgIpc) is 2.97. The molecule has 0 amide bonds. The zero-order valence-corrected chi connectivity index (χ0v) is 9.76. The van der Waals surface area contributed by atoms with E-state index in [9.17, 15) is 5.11 Å².